The van der Waals surface area contributed by atoms with E-state index in [4.69, 9.17) is 9.26 Å². The molecule has 0 spiro atoms. The van der Waals surface area contributed by atoms with E-state index in [1.54, 1.807) is 6.92 Å². The summed E-state index contributed by atoms with van der Waals surface area (Å²) in [6.07, 6.45) is 0. The summed E-state index contributed by atoms with van der Waals surface area (Å²) in [5.74, 6) is 0.820. The molecule has 1 atom stereocenters. The number of ether oxygens (including phenoxy) is 1. The monoisotopic (exact) mass is 480 g/mol. The zero-order chi connectivity index (χ0) is 24.1. The second kappa shape index (κ2) is 10.8. The van der Waals surface area contributed by atoms with Crippen molar-refractivity contribution in [1.82, 2.24) is 19.9 Å². The number of aromatic nitrogens is 2. The van der Waals surface area contributed by atoms with Crippen LogP contribution in [0.5, 0.6) is 0 Å². The molecule has 1 saturated heterocycles. The van der Waals surface area contributed by atoms with Crippen molar-refractivity contribution in [3.63, 3.8) is 0 Å². The van der Waals surface area contributed by atoms with Gasteiger partial charge in [-0.15, -0.1) is 11.8 Å². The number of piperazine rings is 1. The van der Waals surface area contributed by atoms with Crippen molar-refractivity contribution in [1.29, 1.82) is 0 Å². The second-order valence-corrected chi connectivity index (χ2v) is 9.56. The van der Waals surface area contributed by atoms with Crippen molar-refractivity contribution in [2.24, 2.45) is 0 Å². The van der Waals surface area contributed by atoms with Crippen LogP contribution in [0.15, 0.2) is 57.9 Å². The van der Waals surface area contributed by atoms with Gasteiger partial charge in [0.1, 0.15) is 5.25 Å². The average Bonchev–Trinajstić information content (AvgIpc) is 3.32. The van der Waals surface area contributed by atoms with Gasteiger partial charge in [0, 0.05) is 36.6 Å². The third-order valence-electron chi connectivity index (χ3n) is 5.83. The number of nitrogens with zero attached hydrogens (tertiary/aromatic N) is 4. The lowest BCUT2D eigenvalue weighted by molar-refractivity contribution is -0.139. The smallest absolute Gasteiger partial charge is 0.318 e. The molecular formula is C25H28N4O4S. The number of rotatable bonds is 7. The van der Waals surface area contributed by atoms with Crippen LogP contribution in [0, 0.1) is 6.92 Å². The summed E-state index contributed by atoms with van der Waals surface area (Å²) < 4.78 is 10.3. The molecule has 2 aromatic carbocycles. The fourth-order valence-corrected chi connectivity index (χ4v) is 4.89. The molecular weight excluding hydrogens is 452 g/mol. The van der Waals surface area contributed by atoms with E-state index in [2.05, 4.69) is 15.0 Å². The average molecular weight is 481 g/mol. The molecule has 178 valence electrons. The van der Waals surface area contributed by atoms with Gasteiger partial charge >= 0.3 is 5.97 Å². The summed E-state index contributed by atoms with van der Waals surface area (Å²) in [7, 11) is 1.37. The third kappa shape index (κ3) is 5.48. The number of methoxy groups -OCH3 is 1. The van der Waals surface area contributed by atoms with Crippen molar-refractivity contribution in [3.05, 3.63) is 65.5 Å². The topological polar surface area (TPSA) is 88.8 Å². The molecule has 0 saturated carbocycles. The van der Waals surface area contributed by atoms with E-state index in [0.717, 1.165) is 16.0 Å². The summed E-state index contributed by atoms with van der Waals surface area (Å²) in [6.45, 7) is 6.96. The van der Waals surface area contributed by atoms with E-state index in [0.29, 0.717) is 50.0 Å². The maximum atomic E-state index is 13.2. The number of carbonyl (C=O) groups is 2. The van der Waals surface area contributed by atoms with Gasteiger partial charge in [-0.1, -0.05) is 41.6 Å². The lowest BCUT2D eigenvalue weighted by Crippen LogP contribution is -2.48. The Labute approximate surface area is 203 Å². The van der Waals surface area contributed by atoms with Gasteiger partial charge in [0.05, 0.1) is 19.2 Å². The largest absolute Gasteiger partial charge is 0.468 e. The van der Waals surface area contributed by atoms with Gasteiger partial charge in [-0.05, 0) is 31.5 Å². The predicted molar refractivity (Wildman–Crippen MR) is 129 cm³/mol. The summed E-state index contributed by atoms with van der Waals surface area (Å²) >= 11 is 1.34. The lowest BCUT2D eigenvalue weighted by Gasteiger charge is -2.34. The number of amides is 1. The Morgan fingerprint density at radius 1 is 1.09 bits per heavy atom. The first kappa shape index (κ1) is 24.0. The van der Waals surface area contributed by atoms with Crippen molar-refractivity contribution in [3.8, 4) is 11.4 Å². The van der Waals surface area contributed by atoms with Crippen molar-refractivity contribution >= 4 is 23.6 Å². The SMILES string of the molecule is COC(=O)C(C)Sc1ccccc1C(=O)N1CCN(Cc2nc(-c3ccccc3C)no2)CC1. The van der Waals surface area contributed by atoms with Gasteiger partial charge in [0.2, 0.25) is 11.7 Å². The highest BCUT2D eigenvalue weighted by atomic mass is 32.2. The normalized spacial score (nSPS) is 15.2. The molecule has 1 unspecified atom stereocenters. The summed E-state index contributed by atoms with van der Waals surface area (Å²) in [5.41, 5.74) is 2.67. The minimum atomic E-state index is -0.394. The molecule has 4 rings (SSSR count). The number of esters is 1. The number of hydrogen-bond acceptors (Lipinski definition) is 8. The fraction of sp³-hybridized carbons (Fsp3) is 0.360. The maximum Gasteiger partial charge on any atom is 0.318 e. The first-order chi connectivity index (χ1) is 16.5. The Morgan fingerprint density at radius 2 is 1.79 bits per heavy atom. The number of thioether (sulfide) groups is 1. The van der Waals surface area contributed by atoms with Crippen LogP contribution >= 0.6 is 11.8 Å². The van der Waals surface area contributed by atoms with Crippen LogP contribution in [-0.2, 0) is 16.1 Å². The van der Waals surface area contributed by atoms with E-state index in [9.17, 15) is 9.59 Å². The predicted octanol–water partition coefficient (Wildman–Crippen LogP) is 3.66. The van der Waals surface area contributed by atoms with Gasteiger partial charge < -0.3 is 14.2 Å². The molecule has 2 heterocycles. The molecule has 1 amide bonds. The molecule has 1 aliphatic heterocycles. The molecule has 1 aromatic heterocycles. The number of carbonyl (C=O) groups excluding carboxylic acids is 2. The highest BCUT2D eigenvalue weighted by molar-refractivity contribution is 8.00. The third-order valence-corrected chi connectivity index (χ3v) is 6.98. The zero-order valence-electron chi connectivity index (χ0n) is 19.6. The van der Waals surface area contributed by atoms with Crippen molar-refractivity contribution in [2.75, 3.05) is 33.3 Å². The quantitative estimate of drug-likeness (QED) is 0.374. The Hall–Kier alpha value is -3.17. The van der Waals surface area contributed by atoms with E-state index < -0.39 is 5.25 Å². The Kier molecular flexibility index (Phi) is 7.64. The van der Waals surface area contributed by atoms with Gasteiger partial charge in [0.15, 0.2) is 0 Å². The van der Waals surface area contributed by atoms with Gasteiger partial charge in [0.25, 0.3) is 5.91 Å². The standard InChI is InChI=1S/C25H28N4O4S/c1-17-8-4-5-9-19(17)23-26-22(33-27-23)16-28-12-14-29(15-13-28)24(30)20-10-6-7-11-21(20)34-18(2)25(31)32-3/h4-11,18H,12-16H2,1-3H3. The molecule has 1 aliphatic rings. The van der Waals surface area contributed by atoms with Crippen molar-refractivity contribution < 1.29 is 18.8 Å². The number of benzene rings is 2. The van der Waals surface area contributed by atoms with Gasteiger partial charge in [-0.3, -0.25) is 14.5 Å². The number of aryl methyl sites for hydroxylation is 1. The summed E-state index contributed by atoms with van der Waals surface area (Å²) in [6, 6.07) is 15.3. The van der Waals surface area contributed by atoms with Crippen LogP contribution in [0.3, 0.4) is 0 Å². The Balaban J connectivity index is 1.35. The lowest BCUT2D eigenvalue weighted by atomic mass is 10.1. The first-order valence-corrected chi connectivity index (χ1v) is 12.1. The fourth-order valence-electron chi connectivity index (χ4n) is 3.87. The zero-order valence-corrected chi connectivity index (χ0v) is 20.4. The Bertz CT molecular complexity index is 1160. The first-order valence-electron chi connectivity index (χ1n) is 11.2. The highest BCUT2D eigenvalue weighted by Crippen LogP contribution is 2.29. The van der Waals surface area contributed by atoms with E-state index in [1.165, 1.54) is 18.9 Å². The Morgan fingerprint density at radius 3 is 2.53 bits per heavy atom. The second-order valence-electron chi connectivity index (χ2n) is 8.17. The molecule has 0 radical (unpaired) electrons. The highest BCUT2D eigenvalue weighted by Gasteiger charge is 2.26. The summed E-state index contributed by atoms with van der Waals surface area (Å²) in [4.78, 5) is 34.5. The maximum absolute atomic E-state index is 13.2. The van der Waals surface area contributed by atoms with E-state index in [1.807, 2.05) is 60.4 Å². The molecule has 8 nitrogen and oxygen atoms in total. The van der Waals surface area contributed by atoms with Crippen LogP contribution in [0.4, 0.5) is 0 Å². The molecule has 34 heavy (non-hydrogen) atoms. The van der Waals surface area contributed by atoms with Crippen LogP contribution in [-0.4, -0.2) is 70.4 Å². The molecule has 9 heteroatoms. The van der Waals surface area contributed by atoms with Gasteiger partial charge in [-0.25, -0.2) is 0 Å². The van der Waals surface area contributed by atoms with Crippen LogP contribution in [0.1, 0.15) is 28.7 Å². The minimum absolute atomic E-state index is 0.0283. The van der Waals surface area contributed by atoms with Crippen LogP contribution in [0.25, 0.3) is 11.4 Å². The van der Waals surface area contributed by atoms with Gasteiger partial charge in [-0.2, -0.15) is 4.98 Å². The summed E-state index contributed by atoms with van der Waals surface area (Å²) in [5, 5.41) is 3.74. The molecule has 0 N–H and O–H groups in total. The van der Waals surface area contributed by atoms with Crippen molar-refractivity contribution in [2.45, 2.75) is 30.5 Å². The molecule has 0 bridgehead atoms. The van der Waals surface area contributed by atoms with Crippen LogP contribution < -0.4 is 0 Å². The molecule has 0 aliphatic carbocycles. The minimum Gasteiger partial charge on any atom is -0.468 e. The van der Waals surface area contributed by atoms with E-state index >= 15 is 0 Å². The molecule has 3 aromatic rings. The van der Waals surface area contributed by atoms with Crippen LogP contribution in [0.2, 0.25) is 0 Å². The van der Waals surface area contributed by atoms with E-state index in [-0.39, 0.29) is 11.9 Å². The number of hydrogen-bond donors (Lipinski definition) is 0. The molecule has 1 fully saturated rings.